The minimum Gasteiger partial charge on any atom is -0.444 e. The van der Waals surface area contributed by atoms with Gasteiger partial charge >= 0.3 is 0 Å². The number of oxazole rings is 1. The summed E-state index contributed by atoms with van der Waals surface area (Å²) in [6.07, 6.45) is 8.70. The number of anilines is 3. The molecule has 0 saturated carbocycles. The summed E-state index contributed by atoms with van der Waals surface area (Å²) >= 11 is 0. The predicted molar refractivity (Wildman–Crippen MR) is 93.3 cm³/mol. The first-order valence-electron chi connectivity index (χ1n) is 8.22. The molecule has 0 spiro atoms. The third-order valence-corrected chi connectivity index (χ3v) is 4.16. The van der Waals surface area contributed by atoms with Crippen molar-refractivity contribution in [3.05, 3.63) is 49.1 Å². The van der Waals surface area contributed by atoms with Crippen molar-refractivity contribution >= 4 is 17.5 Å². The van der Waals surface area contributed by atoms with Gasteiger partial charge in [-0.05, 0) is 37.5 Å². The molecule has 122 valence electrons. The van der Waals surface area contributed by atoms with Crippen LogP contribution in [0.25, 0.3) is 11.3 Å². The molecule has 4 rings (SSSR count). The summed E-state index contributed by atoms with van der Waals surface area (Å²) in [6.45, 7) is 2.13. The molecular formula is C18H19N5O. The number of aromatic nitrogens is 3. The van der Waals surface area contributed by atoms with Gasteiger partial charge in [0.25, 0.3) is 0 Å². The summed E-state index contributed by atoms with van der Waals surface area (Å²) < 4.78 is 5.35. The highest BCUT2D eigenvalue weighted by molar-refractivity contribution is 5.66. The van der Waals surface area contributed by atoms with Gasteiger partial charge in [0.2, 0.25) is 5.95 Å². The van der Waals surface area contributed by atoms with Crippen LogP contribution in [-0.2, 0) is 0 Å². The maximum absolute atomic E-state index is 5.35. The normalized spacial score (nSPS) is 14.6. The fourth-order valence-corrected chi connectivity index (χ4v) is 2.95. The summed E-state index contributed by atoms with van der Waals surface area (Å²) in [4.78, 5) is 15.3. The third kappa shape index (κ3) is 3.22. The second-order valence-electron chi connectivity index (χ2n) is 5.86. The van der Waals surface area contributed by atoms with Crippen molar-refractivity contribution in [1.29, 1.82) is 0 Å². The molecule has 0 aliphatic carbocycles. The van der Waals surface area contributed by atoms with E-state index in [0.29, 0.717) is 5.95 Å². The standard InChI is InChI=1S/C18H19N5O/c1-2-9-23(10-3-1)17-7-8-20-18(22-17)21-15-6-4-5-14(11-15)16-12-19-13-24-16/h4-8,11-13H,1-3,9-10H2,(H,20,21,22). The van der Waals surface area contributed by atoms with Crippen molar-refractivity contribution in [3.8, 4) is 11.3 Å². The fourth-order valence-electron chi connectivity index (χ4n) is 2.95. The zero-order chi connectivity index (χ0) is 16.2. The Morgan fingerprint density at radius 1 is 1.08 bits per heavy atom. The number of hydrogen-bond donors (Lipinski definition) is 1. The molecule has 2 aromatic heterocycles. The molecule has 0 amide bonds. The number of benzene rings is 1. The molecule has 6 heteroatoms. The number of nitrogens with one attached hydrogen (secondary N) is 1. The molecular weight excluding hydrogens is 302 g/mol. The molecule has 0 unspecified atom stereocenters. The maximum Gasteiger partial charge on any atom is 0.229 e. The van der Waals surface area contributed by atoms with E-state index in [-0.39, 0.29) is 0 Å². The summed E-state index contributed by atoms with van der Waals surface area (Å²) in [6, 6.07) is 9.90. The van der Waals surface area contributed by atoms with Gasteiger partial charge in [-0.25, -0.2) is 9.97 Å². The summed E-state index contributed by atoms with van der Waals surface area (Å²) in [5, 5.41) is 3.27. The first kappa shape index (κ1) is 14.7. The summed E-state index contributed by atoms with van der Waals surface area (Å²) in [7, 11) is 0. The monoisotopic (exact) mass is 321 g/mol. The van der Waals surface area contributed by atoms with E-state index in [0.717, 1.165) is 35.9 Å². The Morgan fingerprint density at radius 3 is 2.83 bits per heavy atom. The molecule has 0 bridgehead atoms. The van der Waals surface area contributed by atoms with Gasteiger partial charge < -0.3 is 14.6 Å². The topological polar surface area (TPSA) is 67.1 Å². The van der Waals surface area contributed by atoms with Crippen molar-refractivity contribution in [2.45, 2.75) is 19.3 Å². The fraction of sp³-hybridized carbons (Fsp3) is 0.278. The quantitative estimate of drug-likeness (QED) is 0.787. The second-order valence-corrected chi connectivity index (χ2v) is 5.86. The van der Waals surface area contributed by atoms with Gasteiger partial charge in [-0.2, -0.15) is 4.98 Å². The highest BCUT2D eigenvalue weighted by atomic mass is 16.3. The first-order valence-corrected chi connectivity index (χ1v) is 8.22. The van der Waals surface area contributed by atoms with Crippen LogP contribution in [0.5, 0.6) is 0 Å². The molecule has 1 aliphatic rings. The third-order valence-electron chi connectivity index (χ3n) is 4.16. The molecule has 1 aromatic carbocycles. The van der Waals surface area contributed by atoms with Crippen LogP contribution < -0.4 is 10.2 Å². The lowest BCUT2D eigenvalue weighted by atomic mass is 10.1. The van der Waals surface area contributed by atoms with Crippen LogP contribution in [0.4, 0.5) is 17.5 Å². The van der Waals surface area contributed by atoms with Crippen LogP contribution in [0.15, 0.2) is 53.5 Å². The Bertz CT molecular complexity index is 797. The molecule has 24 heavy (non-hydrogen) atoms. The van der Waals surface area contributed by atoms with Crippen molar-refractivity contribution in [2.75, 3.05) is 23.3 Å². The smallest absolute Gasteiger partial charge is 0.229 e. The van der Waals surface area contributed by atoms with Crippen molar-refractivity contribution in [2.24, 2.45) is 0 Å². The van der Waals surface area contributed by atoms with Gasteiger partial charge in [0.05, 0.1) is 6.20 Å². The minimum atomic E-state index is 0.604. The Hall–Kier alpha value is -2.89. The van der Waals surface area contributed by atoms with Gasteiger partial charge in [-0.1, -0.05) is 12.1 Å². The highest BCUT2D eigenvalue weighted by Crippen LogP contribution is 2.24. The Morgan fingerprint density at radius 2 is 2.00 bits per heavy atom. The van der Waals surface area contributed by atoms with Gasteiger partial charge in [-0.15, -0.1) is 0 Å². The minimum absolute atomic E-state index is 0.604. The molecule has 1 fully saturated rings. The Labute approximate surface area is 140 Å². The zero-order valence-corrected chi connectivity index (χ0v) is 13.4. The number of rotatable bonds is 4. The van der Waals surface area contributed by atoms with E-state index in [1.54, 1.807) is 12.4 Å². The number of nitrogens with zero attached hydrogens (tertiary/aromatic N) is 4. The van der Waals surface area contributed by atoms with Gasteiger partial charge in [-0.3, -0.25) is 0 Å². The molecule has 1 aliphatic heterocycles. The van der Waals surface area contributed by atoms with E-state index in [1.165, 1.54) is 25.7 Å². The Kier molecular flexibility index (Phi) is 4.10. The van der Waals surface area contributed by atoms with Gasteiger partial charge in [0, 0.05) is 30.5 Å². The van der Waals surface area contributed by atoms with Gasteiger partial charge in [0.1, 0.15) is 5.82 Å². The predicted octanol–water partition coefficient (Wildman–Crippen LogP) is 3.87. The van der Waals surface area contributed by atoms with Gasteiger partial charge in [0.15, 0.2) is 12.2 Å². The second kappa shape index (κ2) is 6.70. The maximum atomic E-state index is 5.35. The van der Waals surface area contributed by atoms with E-state index in [2.05, 4.69) is 25.2 Å². The molecule has 0 atom stereocenters. The van der Waals surface area contributed by atoms with Crippen LogP contribution in [-0.4, -0.2) is 28.0 Å². The lowest BCUT2D eigenvalue weighted by molar-refractivity contribution is 0.572. The highest BCUT2D eigenvalue weighted by Gasteiger charge is 2.13. The van der Waals surface area contributed by atoms with Crippen LogP contribution in [0.2, 0.25) is 0 Å². The van der Waals surface area contributed by atoms with E-state index < -0.39 is 0 Å². The zero-order valence-electron chi connectivity index (χ0n) is 13.4. The van der Waals surface area contributed by atoms with Crippen LogP contribution >= 0.6 is 0 Å². The van der Waals surface area contributed by atoms with E-state index in [1.807, 2.05) is 30.3 Å². The van der Waals surface area contributed by atoms with Crippen LogP contribution in [0.3, 0.4) is 0 Å². The van der Waals surface area contributed by atoms with E-state index in [4.69, 9.17) is 4.42 Å². The Balaban J connectivity index is 1.54. The van der Waals surface area contributed by atoms with Crippen molar-refractivity contribution in [1.82, 2.24) is 15.0 Å². The van der Waals surface area contributed by atoms with Crippen LogP contribution in [0, 0.1) is 0 Å². The summed E-state index contributed by atoms with van der Waals surface area (Å²) in [5.74, 6) is 2.33. The van der Waals surface area contributed by atoms with Crippen molar-refractivity contribution < 1.29 is 4.42 Å². The van der Waals surface area contributed by atoms with E-state index >= 15 is 0 Å². The van der Waals surface area contributed by atoms with Crippen molar-refractivity contribution in [3.63, 3.8) is 0 Å². The number of hydrogen-bond acceptors (Lipinski definition) is 6. The number of piperidine rings is 1. The molecule has 3 aromatic rings. The van der Waals surface area contributed by atoms with Crippen LogP contribution in [0.1, 0.15) is 19.3 Å². The average molecular weight is 321 g/mol. The molecule has 3 heterocycles. The molecule has 6 nitrogen and oxygen atoms in total. The molecule has 1 N–H and O–H groups in total. The largest absolute Gasteiger partial charge is 0.444 e. The lowest BCUT2D eigenvalue weighted by Gasteiger charge is -2.27. The van der Waals surface area contributed by atoms with E-state index in [9.17, 15) is 0 Å². The first-order chi connectivity index (χ1) is 11.9. The lowest BCUT2D eigenvalue weighted by Crippen LogP contribution is -2.30. The average Bonchev–Trinajstić information content (AvgIpc) is 3.18. The summed E-state index contributed by atoms with van der Waals surface area (Å²) in [5.41, 5.74) is 1.88. The SMILES string of the molecule is c1cc(Nc2nccc(N3CCCCC3)n2)cc(-c2cnco2)c1. The molecule has 0 radical (unpaired) electrons. The molecule has 1 saturated heterocycles.